The van der Waals surface area contributed by atoms with Gasteiger partial charge in [-0.25, -0.2) is 0 Å². The molecular formula is C7H21N5. The fourth-order valence-corrected chi connectivity index (χ4v) is 0.795. The van der Waals surface area contributed by atoms with Crippen LogP contribution in [0.15, 0.2) is 0 Å². The van der Waals surface area contributed by atoms with E-state index >= 15 is 0 Å². The van der Waals surface area contributed by atoms with Crippen LogP contribution < -0.4 is 22.1 Å². The van der Waals surface area contributed by atoms with Gasteiger partial charge in [0.15, 0.2) is 0 Å². The summed E-state index contributed by atoms with van der Waals surface area (Å²) < 4.78 is 0. The van der Waals surface area contributed by atoms with Gasteiger partial charge >= 0.3 is 0 Å². The molecule has 0 heterocycles. The fraction of sp³-hybridized carbons (Fsp3) is 1.00. The molecule has 0 saturated carbocycles. The average molecular weight is 175 g/mol. The van der Waals surface area contributed by atoms with E-state index in [1.165, 1.54) is 0 Å². The summed E-state index contributed by atoms with van der Waals surface area (Å²) in [5, 5.41) is 0. The summed E-state index contributed by atoms with van der Waals surface area (Å²) in [4.78, 5) is 2.17. The topological polar surface area (TPSA) is 65.3 Å². The fourth-order valence-electron chi connectivity index (χ4n) is 0.795. The summed E-state index contributed by atoms with van der Waals surface area (Å²) in [7, 11) is 4.15. The van der Waals surface area contributed by atoms with E-state index in [1.54, 1.807) is 0 Å². The Morgan fingerprint density at radius 3 is 2.33 bits per heavy atom. The predicted octanol–water partition coefficient (Wildman–Crippen LogP) is -1.50. The van der Waals surface area contributed by atoms with Crippen molar-refractivity contribution >= 4 is 0 Å². The van der Waals surface area contributed by atoms with Crippen LogP contribution in [0, 0.1) is 0 Å². The molecule has 5 heteroatoms. The highest BCUT2D eigenvalue weighted by Gasteiger charge is 1.89. The summed E-state index contributed by atoms with van der Waals surface area (Å²) in [5.74, 6) is 5.08. The third-order valence-corrected chi connectivity index (χ3v) is 1.43. The number of nitrogens with zero attached hydrogens (tertiary/aromatic N) is 1. The van der Waals surface area contributed by atoms with E-state index in [0.717, 1.165) is 32.6 Å². The van der Waals surface area contributed by atoms with Crippen molar-refractivity contribution < 1.29 is 0 Å². The minimum Gasteiger partial charge on any atom is -0.309 e. The Bertz CT molecular complexity index is 85.9. The number of rotatable bonds is 8. The van der Waals surface area contributed by atoms with Gasteiger partial charge in [0.2, 0.25) is 0 Å². The van der Waals surface area contributed by atoms with Crippen LogP contribution in [-0.2, 0) is 0 Å². The zero-order valence-corrected chi connectivity index (χ0v) is 8.06. The molecule has 5 N–H and O–H groups in total. The summed E-state index contributed by atoms with van der Waals surface area (Å²) >= 11 is 0. The third kappa shape index (κ3) is 9.80. The number of hydrogen-bond donors (Lipinski definition) is 4. The molecule has 0 radical (unpaired) electrons. The highest BCUT2D eigenvalue weighted by molar-refractivity contribution is 4.47. The lowest BCUT2D eigenvalue weighted by Gasteiger charge is -2.10. The van der Waals surface area contributed by atoms with Crippen LogP contribution in [0.1, 0.15) is 6.42 Å². The van der Waals surface area contributed by atoms with Crippen molar-refractivity contribution in [3.8, 4) is 0 Å². The quantitative estimate of drug-likeness (QED) is 0.205. The normalized spacial score (nSPS) is 11.0. The molecule has 0 bridgehead atoms. The molecule has 0 rings (SSSR count). The van der Waals surface area contributed by atoms with Crippen molar-refractivity contribution in [1.82, 2.24) is 21.2 Å². The maximum atomic E-state index is 5.08. The standard InChI is InChI=1S/C7H21N5/c1-12(2)7-3-4-10-11-6-5-9-8/h9-11H,3-8H2,1-2H3. The average Bonchev–Trinajstić information content (AvgIpc) is 2.02. The van der Waals surface area contributed by atoms with Gasteiger partial charge < -0.3 is 4.90 Å². The summed E-state index contributed by atoms with van der Waals surface area (Å²) in [6.45, 7) is 3.73. The second-order valence-corrected chi connectivity index (χ2v) is 2.96. The Morgan fingerprint density at radius 1 is 1.08 bits per heavy atom. The molecule has 0 aliphatic carbocycles. The van der Waals surface area contributed by atoms with Gasteiger partial charge in [-0.3, -0.25) is 22.1 Å². The second-order valence-electron chi connectivity index (χ2n) is 2.96. The zero-order chi connectivity index (χ0) is 9.23. The molecule has 0 unspecified atom stereocenters. The van der Waals surface area contributed by atoms with Gasteiger partial charge in [-0.2, -0.15) is 0 Å². The molecule has 0 aromatic heterocycles. The number of hydrazine groups is 2. The number of nitrogens with two attached hydrogens (primary N) is 1. The van der Waals surface area contributed by atoms with Crippen LogP contribution >= 0.6 is 0 Å². The molecule has 0 aromatic carbocycles. The monoisotopic (exact) mass is 175 g/mol. The minimum absolute atomic E-state index is 0.778. The second kappa shape index (κ2) is 8.89. The first-order valence-corrected chi connectivity index (χ1v) is 4.31. The lowest BCUT2D eigenvalue weighted by molar-refractivity contribution is 0.385. The maximum absolute atomic E-state index is 5.08. The summed E-state index contributed by atoms with van der Waals surface area (Å²) in [6, 6.07) is 0. The highest BCUT2D eigenvalue weighted by atomic mass is 15.4. The van der Waals surface area contributed by atoms with Crippen LogP contribution in [-0.4, -0.2) is 45.2 Å². The van der Waals surface area contributed by atoms with Crippen LogP contribution in [0.5, 0.6) is 0 Å². The maximum Gasteiger partial charge on any atom is 0.0239 e. The molecule has 0 aromatic rings. The zero-order valence-electron chi connectivity index (χ0n) is 8.06. The Hall–Kier alpha value is -0.200. The molecule has 0 spiro atoms. The Morgan fingerprint density at radius 2 is 1.75 bits per heavy atom. The first-order valence-electron chi connectivity index (χ1n) is 4.31. The van der Waals surface area contributed by atoms with Gasteiger partial charge in [0.05, 0.1) is 0 Å². The molecular weight excluding hydrogens is 154 g/mol. The van der Waals surface area contributed by atoms with E-state index in [-0.39, 0.29) is 0 Å². The van der Waals surface area contributed by atoms with Crippen molar-refractivity contribution in [3.63, 3.8) is 0 Å². The molecule has 74 valence electrons. The minimum atomic E-state index is 0.778. The summed E-state index contributed by atoms with van der Waals surface area (Å²) in [5.41, 5.74) is 8.72. The molecule has 5 nitrogen and oxygen atoms in total. The number of nitrogens with one attached hydrogen (secondary N) is 3. The van der Waals surface area contributed by atoms with E-state index in [1.807, 2.05) is 0 Å². The van der Waals surface area contributed by atoms with E-state index < -0.39 is 0 Å². The van der Waals surface area contributed by atoms with Gasteiger partial charge in [-0.15, -0.1) is 0 Å². The first kappa shape index (κ1) is 11.8. The Labute approximate surface area is 74.6 Å². The largest absolute Gasteiger partial charge is 0.309 e. The molecule has 0 fully saturated rings. The highest BCUT2D eigenvalue weighted by Crippen LogP contribution is 1.78. The number of hydrogen-bond acceptors (Lipinski definition) is 5. The molecule has 0 amide bonds. The Balaban J connectivity index is 2.82. The van der Waals surface area contributed by atoms with Gasteiger partial charge in [0.25, 0.3) is 0 Å². The molecule has 0 aliphatic rings. The predicted molar refractivity (Wildman–Crippen MR) is 51.4 cm³/mol. The van der Waals surface area contributed by atoms with Gasteiger partial charge in [-0.1, -0.05) is 0 Å². The van der Waals surface area contributed by atoms with Gasteiger partial charge in [0.1, 0.15) is 0 Å². The van der Waals surface area contributed by atoms with E-state index in [0.29, 0.717) is 0 Å². The lowest BCUT2D eigenvalue weighted by Crippen LogP contribution is -2.40. The Kier molecular flexibility index (Phi) is 8.74. The molecule has 0 saturated heterocycles. The van der Waals surface area contributed by atoms with Crippen molar-refractivity contribution in [1.29, 1.82) is 0 Å². The molecule has 0 atom stereocenters. The van der Waals surface area contributed by atoms with Crippen molar-refractivity contribution in [3.05, 3.63) is 0 Å². The van der Waals surface area contributed by atoms with E-state index in [4.69, 9.17) is 5.84 Å². The van der Waals surface area contributed by atoms with Gasteiger partial charge in [0, 0.05) is 19.6 Å². The third-order valence-electron chi connectivity index (χ3n) is 1.43. The SMILES string of the molecule is CN(C)CCCNNCCNN. The van der Waals surface area contributed by atoms with Crippen LogP contribution in [0.25, 0.3) is 0 Å². The molecule has 0 aliphatic heterocycles. The van der Waals surface area contributed by atoms with Crippen molar-refractivity contribution in [2.45, 2.75) is 6.42 Å². The summed E-state index contributed by atoms with van der Waals surface area (Å²) in [6.07, 6.45) is 1.15. The van der Waals surface area contributed by atoms with Crippen LogP contribution in [0.4, 0.5) is 0 Å². The van der Waals surface area contributed by atoms with E-state index in [9.17, 15) is 0 Å². The van der Waals surface area contributed by atoms with Gasteiger partial charge in [-0.05, 0) is 27.1 Å². The molecule has 12 heavy (non-hydrogen) atoms. The van der Waals surface area contributed by atoms with Crippen molar-refractivity contribution in [2.75, 3.05) is 40.3 Å². The smallest absolute Gasteiger partial charge is 0.0239 e. The van der Waals surface area contributed by atoms with Crippen molar-refractivity contribution in [2.24, 2.45) is 5.84 Å². The van der Waals surface area contributed by atoms with Crippen LogP contribution in [0.2, 0.25) is 0 Å². The first-order chi connectivity index (χ1) is 5.77. The van der Waals surface area contributed by atoms with Crippen LogP contribution in [0.3, 0.4) is 0 Å². The lowest BCUT2D eigenvalue weighted by atomic mass is 10.4. The van der Waals surface area contributed by atoms with E-state index in [2.05, 4.69) is 35.3 Å².